The van der Waals surface area contributed by atoms with Crippen molar-refractivity contribution < 1.29 is 4.79 Å². The average molecular weight is 290 g/mol. The van der Waals surface area contributed by atoms with E-state index in [2.05, 4.69) is 27.5 Å². The largest absolute Gasteiger partial charge is 0.383 e. The van der Waals surface area contributed by atoms with Gasteiger partial charge >= 0.3 is 0 Å². The van der Waals surface area contributed by atoms with Gasteiger partial charge in [-0.05, 0) is 13.0 Å². The maximum absolute atomic E-state index is 12.2. The molecule has 2 heterocycles. The van der Waals surface area contributed by atoms with Crippen LogP contribution in [0.5, 0.6) is 0 Å². The normalized spacial score (nSPS) is 11.9. The first kappa shape index (κ1) is 14.5. The molecule has 0 fully saturated rings. The van der Waals surface area contributed by atoms with Gasteiger partial charge in [0.1, 0.15) is 0 Å². The summed E-state index contributed by atoms with van der Waals surface area (Å²) in [4.78, 5) is 20.5. The van der Waals surface area contributed by atoms with Gasteiger partial charge < -0.3 is 10.6 Å². The number of nitrogens with zero attached hydrogens (tertiary/aromatic N) is 2. The Morgan fingerprint density at radius 2 is 2.30 bits per heavy atom. The number of carbonyl (C=O) groups is 1. The van der Waals surface area contributed by atoms with Gasteiger partial charge in [-0.25, -0.2) is 4.98 Å². The molecular formula is C14H18N4OS. The van der Waals surface area contributed by atoms with Crippen molar-refractivity contribution in [3.63, 3.8) is 0 Å². The lowest BCUT2D eigenvalue weighted by Gasteiger charge is -2.12. The number of anilines is 1. The van der Waals surface area contributed by atoms with Gasteiger partial charge in [0.25, 0.3) is 5.91 Å². The Hall–Kier alpha value is -1.95. The number of nitrogens with one attached hydrogen (secondary N) is 2. The Morgan fingerprint density at radius 1 is 1.45 bits per heavy atom. The number of hydrogen-bond acceptors (Lipinski definition) is 5. The number of amides is 1. The summed E-state index contributed by atoms with van der Waals surface area (Å²) in [6.07, 6.45) is 5.08. The highest BCUT2D eigenvalue weighted by Crippen LogP contribution is 2.17. The summed E-state index contributed by atoms with van der Waals surface area (Å²) in [7, 11) is 0. The number of hydrogen-bond donors (Lipinski definition) is 2. The van der Waals surface area contributed by atoms with Crippen molar-refractivity contribution in [2.24, 2.45) is 0 Å². The third-order valence-electron chi connectivity index (χ3n) is 2.87. The van der Waals surface area contributed by atoms with Crippen LogP contribution in [0.1, 0.15) is 35.1 Å². The van der Waals surface area contributed by atoms with Crippen molar-refractivity contribution in [1.29, 1.82) is 0 Å². The summed E-state index contributed by atoms with van der Waals surface area (Å²) in [5, 5.41) is 9.06. The number of thiazole rings is 1. The highest BCUT2D eigenvalue weighted by atomic mass is 32.1. The predicted molar refractivity (Wildman–Crippen MR) is 81.3 cm³/mol. The predicted octanol–water partition coefficient (Wildman–Crippen LogP) is 2.50. The van der Waals surface area contributed by atoms with Crippen LogP contribution in [0.2, 0.25) is 0 Å². The molecule has 1 atom stereocenters. The molecule has 2 aromatic rings. The van der Waals surface area contributed by atoms with Crippen LogP contribution < -0.4 is 10.6 Å². The Balaban J connectivity index is 1.98. The van der Waals surface area contributed by atoms with Crippen LogP contribution in [0, 0.1) is 0 Å². The molecule has 0 bridgehead atoms. The smallest absolute Gasteiger partial charge is 0.253 e. The van der Waals surface area contributed by atoms with E-state index in [1.165, 1.54) is 0 Å². The maximum Gasteiger partial charge on any atom is 0.253 e. The second kappa shape index (κ2) is 7.00. The highest BCUT2D eigenvalue weighted by Gasteiger charge is 2.13. The van der Waals surface area contributed by atoms with Gasteiger partial charge in [0, 0.05) is 36.8 Å². The number of aromatic nitrogens is 2. The molecule has 5 nitrogen and oxygen atoms in total. The fraction of sp³-hybridized carbons (Fsp3) is 0.357. The van der Waals surface area contributed by atoms with Gasteiger partial charge in [-0.15, -0.1) is 11.3 Å². The fourth-order valence-electron chi connectivity index (χ4n) is 1.83. The van der Waals surface area contributed by atoms with Crippen molar-refractivity contribution in [2.75, 3.05) is 18.4 Å². The van der Waals surface area contributed by atoms with Crippen LogP contribution in [0.15, 0.2) is 30.0 Å². The standard InChI is InChI=1S/C14H18N4OS/c1-3-16-12-9-15-5-4-11(12)13(19)18-8-10(2)14-17-6-7-20-14/h4-7,9-10,16H,3,8H2,1-2H3,(H,18,19). The van der Waals surface area contributed by atoms with E-state index in [1.54, 1.807) is 36.0 Å². The average Bonchev–Trinajstić information content (AvgIpc) is 2.99. The molecule has 0 aliphatic heterocycles. The van der Waals surface area contributed by atoms with Crippen LogP contribution in [-0.4, -0.2) is 29.0 Å². The topological polar surface area (TPSA) is 66.9 Å². The molecule has 2 aromatic heterocycles. The van der Waals surface area contributed by atoms with Crippen molar-refractivity contribution in [1.82, 2.24) is 15.3 Å². The third-order valence-corrected chi connectivity index (χ3v) is 3.88. The molecule has 0 radical (unpaired) electrons. The number of rotatable bonds is 6. The van der Waals surface area contributed by atoms with E-state index in [-0.39, 0.29) is 11.8 Å². The highest BCUT2D eigenvalue weighted by molar-refractivity contribution is 7.09. The van der Waals surface area contributed by atoms with E-state index in [4.69, 9.17) is 0 Å². The van der Waals surface area contributed by atoms with Gasteiger partial charge in [-0.1, -0.05) is 6.92 Å². The molecule has 0 aromatic carbocycles. The van der Waals surface area contributed by atoms with Crippen molar-refractivity contribution in [3.05, 3.63) is 40.6 Å². The Labute approximate surface area is 122 Å². The summed E-state index contributed by atoms with van der Waals surface area (Å²) >= 11 is 1.61. The molecular weight excluding hydrogens is 272 g/mol. The molecule has 1 unspecified atom stereocenters. The summed E-state index contributed by atoms with van der Waals surface area (Å²) < 4.78 is 0. The van der Waals surface area contributed by atoms with Crippen LogP contribution in [0.25, 0.3) is 0 Å². The minimum absolute atomic E-state index is 0.0910. The van der Waals surface area contributed by atoms with Crippen molar-refractivity contribution in [2.45, 2.75) is 19.8 Å². The fourth-order valence-corrected chi connectivity index (χ4v) is 2.53. The minimum atomic E-state index is -0.0910. The lowest BCUT2D eigenvalue weighted by atomic mass is 10.1. The minimum Gasteiger partial charge on any atom is -0.383 e. The van der Waals surface area contributed by atoms with E-state index in [0.717, 1.165) is 17.2 Å². The van der Waals surface area contributed by atoms with E-state index >= 15 is 0 Å². The zero-order valence-electron chi connectivity index (χ0n) is 11.6. The monoisotopic (exact) mass is 290 g/mol. The van der Waals surface area contributed by atoms with Crippen LogP contribution in [-0.2, 0) is 0 Å². The summed E-state index contributed by atoms with van der Waals surface area (Å²) in [6, 6.07) is 1.72. The van der Waals surface area contributed by atoms with Gasteiger partial charge in [0.2, 0.25) is 0 Å². The molecule has 6 heteroatoms. The Kier molecular flexibility index (Phi) is 5.06. The number of carbonyl (C=O) groups excluding carboxylic acids is 1. The van der Waals surface area contributed by atoms with Crippen molar-refractivity contribution >= 4 is 22.9 Å². The zero-order valence-corrected chi connectivity index (χ0v) is 12.4. The van der Waals surface area contributed by atoms with Crippen molar-refractivity contribution in [3.8, 4) is 0 Å². The first-order valence-corrected chi connectivity index (χ1v) is 7.45. The lowest BCUT2D eigenvalue weighted by molar-refractivity contribution is 0.0952. The molecule has 0 aliphatic carbocycles. The summed E-state index contributed by atoms with van der Waals surface area (Å²) in [6.45, 7) is 5.36. The summed E-state index contributed by atoms with van der Waals surface area (Å²) in [5.41, 5.74) is 1.38. The first-order chi connectivity index (χ1) is 9.72. The Bertz CT molecular complexity index is 556. The van der Waals surface area contributed by atoms with E-state index < -0.39 is 0 Å². The van der Waals surface area contributed by atoms with Gasteiger partial charge in [0.15, 0.2) is 0 Å². The SMILES string of the molecule is CCNc1cnccc1C(=O)NCC(C)c1nccs1. The van der Waals surface area contributed by atoms with Crippen LogP contribution >= 0.6 is 11.3 Å². The van der Waals surface area contributed by atoms with E-state index in [9.17, 15) is 4.79 Å². The van der Waals surface area contributed by atoms with E-state index in [1.807, 2.05) is 12.3 Å². The lowest BCUT2D eigenvalue weighted by Crippen LogP contribution is -2.28. The molecule has 1 amide bonds. The molecule has 106 valence electrons. The second-order valence-corrected chi connectivity index (χ2v) is 5.36. The molecule has 0 spiro atoms. The molecule has 0 saturated carbocycles. The summed E-state index contributed by atoms with van der Waals surface area (Å²) in [5.74, 6) is 0.120. The van der Waals surface area contributed by atoms with Crippen LogP contribution in [0.4, 0.5) is 5.69 Å². The zero-order chi connectivity index (χ0) is 14.4. The molecule has 2 rings (SSSR count). The number of pyridine rings is 1. The Morgan fingerprint density at radius 3 is 3.00 bits per heavy atom. The molecule has 2 N–H and O–H groups in total. The second-order valence-electron chi connectivity index (χ2n) is 4.43. The van der Waals surface area contributed by atoms with Gasteiger partial charge in [-0.2, -0.15) is 0 Å². The third kappa shape index (κ3) is 3.54. The quantitative estimate of drug-likeness (QED) is 0.858. The van der Waals surface area contributed by atoms with Gasteiger partial charge in [-0.3, -0.25) is 9.78 Å². The maximum atomic E-state index is 12.2. The molecule has 20 heavy (non-hydrogen) atoms. The first-order valence-electron chi connectivity index (χ1n) is 6.57. The molecule has 0 aliphatic rings. The molecule has 0 saturated heterocycles. The van der Waals surface area contributed by atoms with Gasteiger partial charge in [0.05, 0.1) is 22.5 Å². The van der Waals surface area contributed by atoms with Crippen LogP contribution in [0.3, 0.4) is 0 Å². The van der Waals surface area contributed by atoms with E-state index in [0.29, 0.717) is 12.1 Å².